The summed E-state index contributed by atoms with van der Waals surface area (Å²) >= 11 is 0. The van der Waals surface area contributed by atoms with Gasteiger partial charge in [0.15, 0.2) is 11.6 Å². The second-order valence-electron chi connectivity index (χ2n) is 6.83. The van der Waals surface area contributed by atoms with Gasteiger partial charge in [-0.05, 0) is 49.5 Å². The van der Waals surface area contributed by atoms with E-state index in [0.29, 0.717) is 18.7 Å². The number of likely N-dealkylation sites (tertiary alicyclic amines) is 1. The molecule has 0 spiro atoms. The molecular weight excluding hydrogens is 336 g/mol. The molecule has 2 rings (SSSR count). The predicted molar refractivity (Wildman–Crippen MR) is 93.0 cm³/mol. The van der Waals surface area contributed by atoms with Crippen LogP contribution in [-0.2, 0) is 4.79 Å². The zero-order valence-electron chi connectivity index (χ0n) is 14.4. The van der Waals surface area contributed by atoms with Crippen molar-refractivity contribution in [3.8, 4) is 0 Å². The standard InChI is InChI=1S/C17H25F2N3O.ClH/c1-12(13-4-5-14(18)15(19)8-13)21(3)16(23)9-22-7-6-17(2,10-20)11-22;/h4-5,8,12H,6-7,9-11,20H2,1-3H3;1H. The first-order valence-electron chi connectivity index (χ1n) is 7.89. The highest BCUT2D eigenvalue weighted by Crippen LogP contribution is 2.28. The molecule has 0 radical (unpaired) electrons. The van der Waals surface area contributed by atoms with Crippen molar-refractivity contribution in [2.45, 2.75) is 26.3 Å². The molecule has 2 atom stereocenters. The molecule has 1 aromatic rings. The first kappa shape index (κ1) is 20.8. The van der Waals surface area contributed by atoms with Gasteiger partial charge in [-0.1, -0.05) is 13.0 Å². The smallest absolute Gasteiger partial charge is 0.236 e. The lowest BCUT2D eigenvalue weighted by atomic mass is 9.90. The van der Waals surface area contributed by atoms with Crippen molar-refractivity contribution in [1.29, 1.82) is 0 Å². The van der Waals surface area contributed by atoms with Gasteiger partial charge in [0.2, 0.25) is 5.91 Å². The average Bonchev–Trinajstić information content (AvgIpc) is 2.90. The maximum atomic E-state index is 13.4. The molecule has 136 valence electrons. The number of likely N-dealkylation sites (N-methyl/N-ethyl adjacent to an activating group) is 1. The van der Waals surface area contributed by atoms with Gasteiger partial charge >= 0.3 is 0 Å². The lowest BCUT2D eigenvalue weighted by Crippen LogP contribution is -2.40. The van der Waals surface area contributed by atoms with E-state index in [1.54, 1.807) is 18.9 Å². The molecule has 2 unspecified atom stereocenters. The molecule has 1 aromatic carbocycles. The van der Waals surface area contributed by atoms with Gasteiger partial charge < -0.3 is 10.6 Å². The molecule has 4 nitrogen and oxygen atoms in total. The topological polar surface area (TPSA) is 49.6 Å². The van der Waals surface area contributed by atoms with Crippen LogP contribution in [0.4, 0.5) is 8.78 Å². The third kappa shape index (κ3) is 4.65. The molecule has 7 heteroatoms. The van der Waals surface area contributed by atoms with Gasteiger partial charge in [0.25, 0.3) is 0 Å². The first-order valence-corrected chi connectivity index (χ1v) is 7.89. The Labute approximate surface area is 148 Å². The highest BCUT2D eigenvalue weighted by Gasteiger charge is 2.33. The number of carbonyl (C=O) groups is 1. The fraction of sp³-hybridized carbons (Fsp3) is 0.588. The van der Waals surface area contributed by atoms with Crippen LogP contribution in [0, 0.1) is 17.0 Å². The molecule has 0 aromatic heterocycles. The number of hydrogen-bond donors (Lipinski definition) is 1. The summed E-state index contributed by atoms with van der Waals surface area (Å²) in [6.45, 7) is 6.53. The van der Waals surface area contributed by atoms with E-state index in [0.717, 1.165) is 31.6 Å². The zero-order chi connectivity index (χ0) is 17.2. The number of rotatable bonds is 5. The van der Waals surface area contributed by atoms with Crippen molar-refractivity contribution >= 4 is 18.3 Å². The minimum absolute atomic E-state index is 0. The van der Waals surface area contributed by atoms with Crippen LogP contribution in [0.25, 0.3) is 0 Å². The molecule has 24 heavy (non-hydrogen) atoms. The number of benzene rings is 1. The fourth-order valence-electron chi connectivity index (χ4n) is 2.94. The zero-order valence-corrected chi connectivity index (χ0v) is 15.2. The van der Waals surface area contributed by atoms with Crippen molar-refractivity contribution < 1.29 is 13.6 Å². The van der Waals surface area contributed by atoms with Gasteiger partial charge in [-0.2, -0.15) is 0 Å². The minimum Gasteiger partial charge on any atom is -0.338 e. The van der Waals surface area contributed by atoms with E-state index in [1.807, 2.05) is 0 Å². The fourth-order valence-corrected chi connectivity index (χ4v) is 2.94. The van der Waals surface area contributed by atoms with Crippen LogP contribution in [-0.4, -0.2) is 48.9 Å². The van der Waals surface area contributed by atoms with Gasteiger partial charge in [0.1, 0.15) is 0 Å². The van der Waals surface area contributed by atoms with Crippen molar-refractivity contribution in [2.24, 2.45) is 11.1 Å². The highest BCUT2D eigenvalue weighted by atomic mass is 35.5. The Morgan fingerprint density at radius 2 is 2.08 bits per heavy atom. The van der Waals surface area contributed by atoms with Crippen LogP contribution in [0.5, 0.6) is 0 Å². The van der Waals surface area contributed by atoms with E-state index in [2.05, 4.69) is 11.8 Å². The van der Waals surface area contributed by atoms with Crippen LogP contribution in [0.2, 0.25) is 0 Å². The summed E-state index contributed by atoms with van der Waals surface area (Å²) in [6.07, 6.45) is 0.985. The number of halogens is 3. The van der Waals surface area contributed by atoms with Crippen molar-refractivity contribution in [2.75, 3.05) is 33.2 Å². The van der Waals surface area contributed by atoms with Gasteiger partial charge in [0, 0.05) is 13.6 Å². The van der Waals surface area contributed by atoms with Gasteiger partial charge in [-0.25, -0.2) is 8.78 Å². The summed E-state index contributed by atoms with van der Waals surface area (Å²) in [6, 6.07) is 3.42. The summed E-state index contributed by atoms with van der Waals surface area (Å²) in [5, 5.41) is 0. The summed E-state index contributed by atoms with van der Waals surface area (Å²) in [4.78, 5) is 16.1. The highest BCUT2D eigenvalue weighted by molar-refractivity contribution is 5.85. The molecule has 1 aliphatic rings. The van der Waals surface area contributed by atoms with E-state index >= 15 is 0 Å². The van der Waals surface area contributed by atoms with E-state index in [1.165, 1.54) is 6.07 Å². The summed E-state index contributed by atoms with van der Waals surface area (Å²) in [5.41, 5.74) is 6.43. The van der Waals surface area contributed by atoms with Crippen LogP contribution in [0.15, 0.2) is 18.2 Å². The molecule has 1 saturated heterocycles. The van der Waals surface area contributed by atoms with Crippen LogP contribution >= 0.6 is 12.4 Å². The number of amides is 1. The number of nitrogens with zero attached hydrogens (tertiary/aromatic N) is 2. The minimum atomic E-state index is -0.895. The van der Waals surface area contributed by atoms with E-state index < -0.39 is 11.6 Å². The van der Waals surface area contributed by atoms with Gasteiger partial charge in [-0.15, -0.1) is 12.4 Å². The van der Waals surface area contributed by atoms with Gasteiger partial charge in [-0.3, -0.25) is 9.69 Å². The quantitative estimate of drug-likeness (QED) is 0.877. The molecule has 1 amide bonds. The SMILES string of the molecule is CC(c1ccc(F)c(F)c1)N(C)C(=O)CN1CCC(C)(CN)C1.Cl. The monoisotopic (exact) mass is 361 g/mol. The van der Waals surface area contributed by atoms with Crippen molar-refractivity contribution in [3.63, 3.8) is 0 Å². The lowest BCUT2D eigenvalue weighted by molar-refractivity contribution is -0.132. The van der Waals surface area contributed by atoms with Crippen LogP contribution in [0.1, 0.15) is 31.9 Å². The Bertz CT molecular complexity index is 587. The molecule has 1 aliphatic heterocycles. The Hall–Kier alpha value is -1.24. The van der Waals surface area contributed by atoms with Crippen molar-refractivity contribution in [1.82, 2.24) is 9.80 Å². The number of nitrogens with two attached hydrogens (primary N) is 1. The summed E-state index contributed by atoms with van der Waals surface area (Å²) in [7, 11) is 1.69. The molecular formula is C17H26ClF2N3O. The summed E-state index contributed by atoms with van der Waals surface area (Å²) < 4.78 is 26.4. The molecule has 0 aliphatic carbocycles. The largest absolute Gasteiger partial charge is 0.338 e. The second-order valence-corrected chi connectivity index (χ2v) is 6.83. The molecule has 0 saturated carbocycles. The van der Waals surface area contributed by atoms with E-state index in [9.17, 15) is 13.6 Å². The normalized spacial score (nSPS) is 22.1. The Balaban J connectivity index is 0.00000288. The lowest BCUT2D eigenvalue weighted by Gasteiger charge is -2.28. The molecule has 2 N–H and O–H groups in total. The molecule has 1 fully saturated rings. The maximum absolute atomic E-state index is 13.4. The second kappa shape index (κ2) is 8.23. The Morgan fingerprint density at radius 3 is 2.62 bits per heavy atom. The maximum Gasteiger partial charge on any atom is 0.236 e. The van der Waals surface area contributed by atoms with Crippen LogP contribution in [0.3, 0.4) is 0 Å². The predicted octanol–water partition coefficient (Wildman–Crippen LogP) is 2.58. The Morgan fingerprint density at radius 1 is 1.42 bits per heavy atom. The first-order chi connectivity index (χ1) is 10.8. The Kier molecular flexibility index (Phi) is 7.13. The average molecular weight is 362 g/mol. The van der Waals surface area contributed by atoms with Crippen LogP contribution < -0.4 is 5.73 Å². The van der Waals surface area contributed by atoms with E-state index in [4.69, 9.17) is 5.73 Å². The number of carbonyl (C=O) groups excluding carboxylic acids is 1. The number of hydrogen-bond acceptors (Lipinski definition) is 3. The third-order valence-corrected chi connectivity index (χ3v) is 4.89. The van der Waals surface area contributed by atoms with Crippen molar-refractivity contribution in [3.05, 3.63) is 35.4 Å². The molecule has 1 heterocycles. The third-order valence-electron chi connectivity index (χ3n) is 4.89. The van der Waals surface area contributed by atoms with E-state index in [-0.39, 0.29) is 29.8 Å². The van der Waals surface area contributed by atoms with Gasteiger partial charge in [0.05, 0.1) is 12.6 Å². The summed E-state index contributed by atoms with van der Waals surface area (Å²) in [5.74, 6) is -1.81. The molecule has 0 bridgehead atoms.